The molecule has 0 bridgehead atoms. The molecule has 0 aliphatic rings. The maximum absolute atomic E-state index is 12.8. The number of halogens is 2. The number of aryl methyl sites for hydroxylation is 2. The van der Waals surface area contributed by atoms with Gasteiger partial charge in [0.05, 0.1) is 28.6 Å². The van der Waals surface area contributed by atoms with Gasteiger partial charge in [-0.25, -0.2) is 4.68 Å². The summed E-state index contributed by atoms with van der Waals surface area (Å²) in [6, 6.07) is 14.8. The van der Waals surface area contributed by atoms with Crippen molar-refractivity contribution in [2.45, 2.75) is 34.0 Å². The highest BCUT2D eigenvalue weighted by Gasteiger charge is 2.17. The summed E-state index contributed by atoms with van der Waals surface area (Å²) in [7, 11) is 0. The maximum atomic E-state index is 12.8. The van der Waals surface area contributed by atoms with Gasteiger partial charge >= 0.3 is 0 Å². The lowest BCUT2D eigenvalue weighted by atomic mass is 10.1. The number of carbonyl (C=O) groups excluding carboxylic acids is 1. The Morgan fingerprint density at radius 2 is 1.85 bits per heavy atom. The first-order valence-electron chi connectivity index (χ1n) is 10.3. The highest BCUT2D eigenvalue weighted by Crippen LogP contribution is 2.27. The Morgan fingerprint density at radius 3 is 2.61 bits per heavy atom. The van der Waals surface area contributed by atoms with Gasteiger partial charge in [-0.3, -0.25) is 9.48 Å². The molecule has 1 N–H and O–H groups in total. The smallest absolute Gasteiger partial charge is 0.276 e. The lowest BCUT2D eigenvalue weighted by molar-refractivity contribution is 0.102. The second kappa shape index (κ2) is 9.68. The molecule has 7 nitrogen and oxygen atoms in total. The van der Waals surface area contributed by atoms with Crippen LogP contribution in [0, 0.1) is 20.8 Å². The zero-order valence-corrected chi connectivity index (χ0v) is 20.0. The Balaban J connectivity index is 1.43. The van der Waals surface area contributed by atoms with E-state index in [1.165, 1.54) is 15.8 Å². The Kier molecular flexibility index (Phi) is 6.72. The van der Waals surface area contributed by atoms with E-state index in [9.17, 15) is 4.79 Å². The number of anilines is 1. The number of ether oxygens (including phenoxy) is 1. The maximum Gasteiger partial charge on any atom is 0.276 e. The Labute approximate surface area is 201 Å². The van der Waals surface area contributed by atoms with Crippen molar-refractivity contribution in [2.24, 2.45) is 0 Å². The molecule has 2 aromatic carbocycles. The third-order valence-corrected chi connectivity index (χ3v) is 5.85. The molecule has 2 heterocycles. The summed E-state index contributed by atoms with van der Waals surface area (Å²) in [5.41, 5.74) is 4.96. The molecule has 0 aliphatic heterocycles. The van der Waals surface area contributed by atoms with E-state index >= 15 is 0 Å². The summed E-state index contributed by atoms with van der Waals surface area (Å²) in [5, 5.41) is 12.8. The van der Waals surface area contributed by atoms with Crippen molar-refractivity contribution in [1.82, 2.24) is 19.6 Å². The van der Waals surface area contributed by atoms with Gasteiger partial charge in [0.25, 0.3) is 5.91 Å². The van der Waals surface area contributed by atoms with Crippen molar-refractivity contribution in [3.8, 4) is 5.75 Å². The lowest BCUT2D eigenvalue weighted by Crippen LogP contribution is -2.15. The first kappa shape index (κ1) is 22.9. The molecule has 1 amide bonds. The minimum absolute atomic E-state index is 0.0983. The van der Waals surface area contributed by atoms with Crippen molar-refractivity contribution in [3.05, 3.63) is 93.0 Å². The molecule has 0 saturated carbocycles. The predicted molar refractivity (Wildman–Crippen MR) is 129 cm³/mol. The van der Waals surface area contributed by atoms with Gasteiger partial charge in [0.2, 0.25) is 0 Å². The van der Waals surface area contributed by atoms with Crippen LogP contribution in [-0.4, -0.2) is 25.5 Å². The minimum atomic E-state index is -0.320. The standard InChI is InChI=1S/C24H23Cl2N5O2/c1-15-6-4-5-7-18(15)13-31-17(3)23(16(2)28-31)27-24(32)21-10-11-30(29-21)14-33-22-9-8-19(25)12-20(22)26/h4-12H,13-14H2,1-3H3,(H,27,32). The SMILES string of the molecule is Cc1ccccc1Cn1nc(C)c(NC(=O)c2ccn(COc3ccc(Cl)cc3Cl)n2)c1C. The first-order chi connectivity index (χ1) is 15.8. The molecular weight excluding hydrogens is 461 g/mol. The number of aromatic nitrogens is 4. The number of hydrogen-bond donors (Lipinski definition) is 1. The van der Waals surface area contributed by atoms with E-state index in [1.54, 1.807) is 30.5 Å². The first-order valence-corrected chi connectivity index (χ1v) is 11.1. The molecule has 0 unspecified atom stereocenters. The number of rotatable bonds is 7. The number of amides is 1. The van der Waals surface area contributed by atoms with Crippen LogP contribution < -0.4 is 10.1 Å². The number of hydrogen-bond acceptors (Lipinski definition) is 4. The molecular formula is C24H23Cl2N5O2. The van der Waals surface area contributed by atoms with Gasteiger partial charge in [-0.1, -0.05) is 47.5 Å². The fraction of sp³-hybridized carbons (Fsp3) is 0.208. The summed E-state index contributed by atoms with van der Waals surface area (Å²) >= 11 is 12.0. The highest BCUT2D eigenvalue weighted by atomic mass is 35.5. The van der Waals surface area contributed by atoms with Crippen molar-refractivity contribution < 1.29 is 9.53 Å². The van der Waals surface area contributed by atoms with Crippen molar-refractivity contribution >= 4 is 34.8 Å². The monoisotopic (exact) mass is 483 g/mol. The van der Waals surface area contributed by atoms with E-state index in [2.05, 4.69) is 34.6 Å². The third-order valence-electron chi connectivity index (χ3n) is 5.32. The average Bonchev–Trinajstić information content (AvgIpc) is 3.35. The van der Waals surface area contributed by atoms with E-state index in [-0.39, 0.29) is 18.3 Å². The predicted octanol–water partition coefficient (Wildman–Crippen LogP) is 5.65. The number of nitrogens with one attached hydrogen (secondary N) is 1. The lowest BCUT2D eigenvalue weighted by Gasteiger charge is -2.09. The van der Waals surface area contributed by atoms with E-state index in [1.807, 2.05) is 30.7 Å². The average molecular weight is 484 g/mol. The van der Waals surface area contributed by atoms with Crippen molar-refractivity contribution in [3.63, 3.8) is 0 Å². The van der Waals surface area contributed by atoms with Crippen LogP contribution in [0.25, 0.3) is 0 Å². The topological polar surface area (TPSA) is 74.0 Å². The molecule has 0 aliphatic carbocycles. The fourth-order valence-electron chi connectivity index (χ4n) is 3.44. The quantitative estimate of drug-likeness (QED) is 0.368. The van der Waals surface area contributed by atoms with Crippen LogP contribution in [0.5, 0.6) is 5.75 Å². The largest absolute Gasteiger partial charge is 0.470 e. The van der Waals surface area contributed by atoms with Crippen LogP contribution in [0.1, 0.15) is 33.0 Å². The molecule has 0 fully saturated rings. The Morgan fingerprint density at radius 1 is 1.06 bits per heavy atom. The van der Waals surface area contributed by atoms with Gasteiger partial charge in [0.15, 0.2) is 12.4 Å². The molecule has 4 rings (SSSR count). The number of nitrogens with zero attached hydrogens (tertiary/aromatic N) is 4. The van der Waals surface area contributed by atoms with E-state index in [4.69, 9.17) is 27.9 Å². The minimum Gasteiger partial charge on any atom is -0.470 e. The van der Waals surface area contributed by atoms with E-state index < -0.39 is 0 Å². The van der Waals surface area contributed by atoms with Crippen LogP contribution in [0.2, 0.25) is 10.0 Å². The van der Waals surface area contributed by atoms with Crippen molar-refractivity contribution in [1.29, 1.82) is 0 Å². The van der Waals surface area contributed by atoms with Crippen LogP contribution in [0.3, 0.4) is 0 Å². The number of carbonyl (C=O) groups is 1. The second-order valence-electron chi connectivity index (χ2n) is 7.67. The normalized spacial score (nSPS) is 10.9. The Bertz CT molecular complexity index is 1310. The van der Waals surface area contributed by atoms with Gasteiger partial charge in [0, 0.05) is 11.2 Å². The van der Waals surface area contributed by atoms with Crippen LogP contribution in [0.15, 0.2) is 54.7 Å². The van der Waals surface area contributed by atoms with Crippen molar-refractivity contribution in [2.75, 3.05) is 5.32 Å². The zero-order valence-electron chi connectivity index (χ0n) is 18.5. The summed E-state index contributed by atoms with van der Waals surface area (Å²) < 4.78 is 9.08. The second-order valence-corrected chi connectivity index (χ2v) is 8.52. The summed E-state index contributed by atoms with van der Waals surface area (Å²) in [6.45, 7) is 6.62. The molecule has 0 radical (unpaired) electrons. The summed E-state index contributed by atoms with van der Waals surface area (Å²) in [4.78, 5) is 12.8. The molecule has 0 atom stereocenters. The van der Waals surface area contributed by atoms with E-state index in [0.29, 0.717) is 28.0 Å². The third kappa shape index (κ3) is 5.21. The molecule has 9 heteroatoms. The van der Waals surface area contributed by atoms with Crippen LogP contribution in [0.4, 0.5) is 5.69 Å². The molecule has 0 saturated heterocycles. The van der Waals surface area contributed by atoms with Gasteiger partial charge in [-0.2, -0.15) is 10.2 Å². The highest BCUT2D eigenvalue weighted by molar-refractivity contribution is 6.35. The van der Waals surface area contributed by atoms with Gasteiger partial charge in [-0.15, -0.1) is 0 Å². The van der Waals surface area contributed by atoms with Crippen LogP contribution >= 0.6 is 23.2 Å². The molecule has 0 spiro atoms. The van der Waals surface area contributed by atoms with Crippen LogP contribution in [-0.2, 0) is 13.3 Å². The van der Waals surface area contributed by atoms with E-state index in [0.717, 1.165) is 11.4 Å². The zero-order chi connectivity index (χ0) is 23.5. The molecule has 170 valence electrons. The summed E-state index contributed by atoms with van der Waals surface area (Å²) in [6.07, 6.45) is 1.67. The van der Waals surface area contributed by atoms with Gasteiger partial charge in [0.1, 0.15) is 5.75 Å². The molecule has 4 aromatic rings. The summed E-state index contributed by atoms with van der Waals surface area (Å²) in [5.74, 6) is 0.162. The number of benzene rings is 2. The van der Waals surface area contributed by atoms with Gasteiger partial charge < -0.3 is 10.1 Å². The molecule has 33 heavy (non-hydrogen) atoms. The van der Waals surface area contributed by atoms with Gasteiger partial charge in [-0.05, 0) is 56.2 Å². The molecule has 2 aromatic heterocycles. The fourth-order valence-corrected chi connectivity index (χ4v) is 3.90. The Hall–Kier alpha value is -3.29.